The Labute approximate surface area is 224 Å². The highest BCUT2D eigenvalue weighted by Gasteiger charge is 2.26. The normalized spacial score (nSPS) is 12.2. The molecule has 0 saturated heterocycles. The lowest BCUT2D eigenvalue weighted by molar-refractivity contribution is -0.140. The second-order valence-electron chi connectivity index (χ2n) is 8.86. The second kappa shape index (κ2) is 13.9. The number of hydrogen-bond donors (Lipinski definition) is 1. The largest absolute Gasteiger partial charge is 0.354 e. The topological polar surface area (TPSA) is 86.8 Å². The van der Waals surface area contributed by atoms with Gasteiger partial charge in [-0.05, 0) is 56.5 Å². The van der Waals surface area contributed by atoms with Crippen molar-refractivity contribution in [1.29, 1.82) is 0 Å². The first-order valence-electron chi connectivity index (χ1n) is 12.0. The van der Waals surface area contributed by atoms with E-state index in [1.807, 2.05) is 26.0 Å². The van der Waals surface area contributed by atoms with E-state index in [0.717, 1.165) is 30.2 Å². The van der Waals surface area contributed by atoms with Crippen molar-refractivity contribution in [3.8, 4) is 0 Å². The molecule has 198 valence electrons. The fourth-order valence-electron chi connectivity index (χ4n) is 3.67. The maximum absolute atomic E-state index is 13.3. The van der Waals surface area contributed by atoms with Gasteiger partial charge in [-0.15, -0.1) is 0 Å². The number of rotatable bonds is 13. The first-order chi connectivity index (χ1) is 16.9. The van der Waals surface area contributed by atoms with Gasteiger partial charge >= 0.3 is 0 Å². The predicted octanol–water partition coefficient (Wildman–Crippen LogP) is 5.18. The summed E-state index contributed by atoms with van der Waals surface area (Å²) >= 11 is 12.2. The Morgan fingerprint density at radius 2 is 1.69 bits per heavy atom. The molecule has 0 saturated carbocycles. The molecule has 1 N–H and O–H groups in total. The molecule has 0 fully saturated rings. The number of unbranched alkanes of at least 4 members (excludes halogenated alkanes) is 1. The number of sulfonamides is 1. The van der Waals surface area contributed by atoms with E-state index in [9.17, 15) is 18.0 Å². The number of benzene rings is 2. The molecule has 0 aliphatic carbocycles. The van der Waals surface area contributed by atoms with Crippen LogP contribution < -0.4 is 9.62 Å². The van der Waals surface area contributed by atoms with Crippen molar-refractivity contribution in [2.45, 2.75) is 59.0 Å². The summed E-state index contributed by atoms with van der Waals surface area (Å²) < 4.78 is 26.1. The molecule has 1 unspecified atom stereocenters. The minimum absolute atomic E-state index is 0.0752. The van der Waals surface area contributed by atoms with Crippen molar-refractivity contribution in [2.24, 2.45) is 0 Å². The van der Waals surface area contributed by atoms with Crippen LogP contribution in [-0.2, 0) is 26.2 Å². The summed E-state index contributed by atoms with van der Waals surface area (Å²) in [5.74, 6) is -0.495. The summed E-state index contributed by atoms with van der Waals surface area (Å²) in [6.45, 7) is 6.50. The molecule has 36 heavy (non-hydrogen) atoms. The maximum atomic E-state index is 13.3. The van der Waals surface area contributed by atoms with Crippen molar-refractivity contribution < 1.29 is 18.0 Å². The van der Waals surface area contributed by atoms with Crippen LogP contribution >= 0.6 is 23.2 Å². The number of anilines is 1. The third-order valence-electron chi connectivity index (χ3n) is 5.81. The van der Waals surface area contributed by atoms with E-state index in [4.69, 9.17) is 23.2 Å². The summed E-state index contributed by atoms with van der Waals surface area (Å²) in [4.78, 5) is 27.6. The fraction of sp³-hybridized carbons (Fsp3) is 0.462. The van der Waals surface area contributed by atoms with Gasteiger partial charge in [0, 0.05) is 26.1 Å². The molecule has 0 heterocycles. The van der Waals surface area contributed by atoms with Crippen LogP contribution in [0.5, 0.6) is 0 Å². The average Bonchev–Trinajstić information content (AvgIpc) is 2.82. The number of nitrogens with one attached hydrogen (secondary N) is 1. The molecule has 0 radical (unpaired) electrons. The van der Waals surface area contributed by atoms with Crippen molar-refractivity contribution in [3.05, 3.63) is 63.6 Å². The van der Waals surface area contributed by atoms with Crippen LogP contribution in [0.1, 0.15) is 50.7 Å². The number of nitrogens with zero attached hydrogens (tertiary/aromatic N) is 2. The molecule has 2 rings (SSSR count). The number of aryl methyl sites for hydroxylation is 1. The van der Waals surface area contributed by atoms with E-state index < -0.39 is 16.1 Å². The van der Waals surface area contributed by atoms with Gasteiger partial charge in [0.25, 0.3) is 0 Å². The number of carbonyl (C=O) groups is 2. The van der Waals surface area contributed by atoms with Gasteiger partial charge in [-0.3, -0.25) is 13.9 Å². The smallest absolute Gasteiger partial charge is 0.242 e. The lowest BCUT2D eigenvalue weighted by atomic mass is 10.1. The third-order valence-corrected chi connectivity index (χ3v) is 7.74. The van der Waals surface area contributed by atoms with Crippen molar-refractivity contribution in [3.63, 3.8) is 0 Å². The standard InChI is InChI=1S/C26H35Cl2N3O4S/c1-5-6-15-29-26(33)20(3)30(18-21-11-14-23(27)24(28)17-21)25(32)8-7-16-31(36(4,34)35)22-12-9-19(2)10-13-22/h9-14,17,20H,5-8,15-16,18H2,1-4H3,(H,29,33). The molecule has 0 aliphatic rings. The van der Waals surface area contributed by atoms with Crippen LogP contribution in [0.15, 0.2) is 42.5 Å². The Balaban J connectivity index is 2.16. The van der Waals surface area contributed by atoms with Crippen LogP contribution in [0.25, 0.3) is 0 Å². The van der Waals surface area contributed by atoms with Crippen molar-refractivity contribution >= 4 is 50.7 Å². The average molecular weight is 557 g/mol. The van der Waals surface area contributed by atoms with E-state index in [1.165, 1.54) is 9.21 Å². The van der Waals surface area contributed by atoms with Crippen LogP contribution in [0.3, 0.4) is 0 Å². The van der Waals surface area contributed by atoms with E-state index >= 15 is 0 Å². The highest BCUT2D eigenvalue weighted by atomic mass is 35.5. The van der Waals surface area contributed by atoms with Gasteiger partial charge in [-0.1, -0.05) is 60.3 Å². The molecule has 2 amide bonds. The molecule has 0 aliphatic heterocycles. The molecule has 10 heteroatoms. The minimum Gasteiger partial charge on any atom is -0.354 e. The molecule has 2 aromatic carbocycles. The maximum Gasteiger partial charge on any atom is 0.242 e. The number of halogens is 2. The van der Waals surface area contributed by atoms with Gasteiger partial charge in [0.1, 0.15) is 6.04 Å². The van der Waals surface area contributed by atoms with Gasteiger partial charge in [-0.2, -0.15) is 0 Å². The highest BCUT2D eigenvalue weighted by molar-refractivity contribution is 7.92. The second-order valence-corrected chi connectivity index (χ2v) is 11.6. The van der Waals surface area contributed by atoms with Crippen LogP contribution in [0.4, 0.5) is 5.69 Å². The summed E-state index contributed by atoms with van der Waals surface area (Å²) in [6, 6.07) is 11.6. The van der Waals surface area contributed by atoms with E-state index in [1.54, 1.807) is 37.3 Å². The molecular formula is C26H35Cl2N3O4S. The van der Waals surface area contributed by atoms with Crippen LogP contribution in [0, 0.1) is 6.92 Å². The first-order valence-corrected chi connectivity index (χ1v) is 14.6. The summed E-state index contributed by atoms with van der Waals surface area (Å²) in [5, 5.41) is 3.65. The first kappa shape index (κ1) is 29.9. The molecule has 0 spiro atoms. The molecular weight excluding hydrogens is 521 g/mol. The van der Waals surface area contributed by atoms with Gasteiger partial charge in [0.2, 0.25) is 21.8 Å². The van der Waals surface area contributed by atoms with Gasteiger partial charge in [0.05, 0.1) is 22.0 Å². The molecule has 1 atom stereocenters. The van der Waals surface area contributed by atoms with Gasteiger partial charge in [-0.25, -0.2) is 8.42 Å². The van der Waals surface area contributed by atoms with Crippen LogP contribution in [0.2, 0.25) is 10.0 Å². The summed E-state index contributed by atoms with van der Waals surface area (Å²) in [5.41, 5.74) is 2.31. The lowest BCUT2D eigenvalue weighted by Crippen LogP contribution is -2.48. The van der Waals surface area contributed by atoms with Crippen LogP contribution in [-0.4, -0.2) is 50.5 Å². The van der Waals surface area contributed by atoms with E-state index in [0.29, 0.717) is 28.7 Å². The molecule has 0 bridgehead atoms. The Hall–Kier alpha value is -2.29. The monoisotopic (exact) mass is 555 g/mol. The highest BCUT2D eigenvalue weighted by Crippen LogP contribution is 2.24. The Kier molecular flexibility index (Phi) is 11.5. The van der Waals surface area contributed by atoms with Gasteiger partial charge < -0.3 is 10.2 Å². The predicted molar refractivity (Wildman–Crippen MR) is 147 cm³/mol. The Morgan fingerprint density at radius 1 is 1.03 bits per heavy atom. The Morgan fingerprint density at radius 3 is 2.28 bits per heavy atom. The zero-order chi connectivity index (χ0) is 26.9. The zero-order valence-electron chi connectivity index (χ0n) is 21.3. The molecule has 2 aromatic rings. The van der Waals surface area contributed by atoms with Crippen molar-refractivity contribution in [1.82, 2.24) is 10.2 Å². The minimum atomic E-state index is -3.53. The molecule has 7 nitrogen and oxygen atoms in total. The summed E-state index contributed by atoms with van der Waals surface area (Å²) in [7, 11) is -3.53. The SMILES string of the molecule is CCCCNC(=O)C(C)N(Cc1ccc(Cl)c(Cl)c1)C(=O)CCCN(c1ccc(C)cc1)S(C)(=O)=O. The Bertz CT molecular complexity index is 1140. The number of carbonyl (C=O) groups excluding carboxylic acids is 2. The quantitative estimate of drug-likeness (QED) is 0.345. The molecule has 0 aromatic heterocycles. The third kappa shape index (κ3) is 8.98. The number of amides is 2. The fourth-order valence-corrected chi connectivity index (χ4v) is 4.95. The lowest BCUT2D eigenvalue weighted by Gasteiger charge is -2.29. The van der Waals surface area contributed by atoms with E-state index in [-0.39, 0.29) is 31.3 Å². The van der Waals surface area contributed by atoms with E-state index in [2.05, 4.69) is 5.32 Å². The van der Waals surface area contributed by atoms with Crippen molar-refractivity contribution in [2.75, 3.05) is 23.7 Å². The number of hydrogen-bond acceptors (Lipinski definition) is 4. The zero-order valence-corrected chi connectivity index (χ0v) is 23.6. The van der Waals surface area contributed by atoms with Gasteiger partial charge in [0.15, 0.2) is 0 Å². The summed E-state index contributed by atoms with van der Waals surface area (Å²) in [6.07, 6.45) is 3.31.